The molecule has 2 heterocycles. The van der Waals surface area contributed by atoms with Crippen LogP contribution in [-0.4, -0.2) is 29.8 Å². The average molecular weight is 444 g/mol. The third-order valence-electron chi connectivity index (χ3n) is 4.35. The van der Waals surface area contributed by atoms with E-state index in [1.807, 2.05) is 19.1 Å². The van der Waals surface area contributed by atoms with Gasteiger partial charge < -0.3 is 14.2 Å². The highest BCUT2D eigenvalue weighted by Crippen LogP contribution is 2.41. The highest BCUT2D eigenvalue weighted by molar-refractivity contribution is 9.10. The summed E-state index contributed by atoms with van der Waals surface area (Å²) < 4.78 is 18.4. The van der Waals surface area contributed by atoms with Crippen LogP contribution in [0, 0.1) is 0 Å². The number of methoxy groups -OCH3 is 1. The molecule has 1 aliphatic heterocycles. The van der Waals surface area contributed by atoms with Crippen LogP contribution in [0.1, 0.15) is 24.7 Å². The van der Waals surface area contributed by atoms with Crippen molar-refractivity contribution >= 4 is 33.0 Å². The quantitative estimate of drug-likeness (QED) is 0.561. The molecule has 0 unspecified atom stereocenters. The molecule has 0 spiro atoms. The summed E-state index contributed by atoms with van der Waals surface area (Å²) in [5, 5.41) is 4.93. The molecule has 0 saturated carbocycles. The zero-order valence-corrected chi connectivity index (χ0v) is 17.0. The number of fused-ring (bicyclic) bond motifs is 2. The van der Waals surface area contributed by atoms with Gasteiger partial charge in [0.25, 0.3) is 5.56 Å². The molecular formula is C20H18BrN3O4. The largest absolute Gasteiger partial charge is 0.493 e. The minimum absolute atomic E-state index is 0.149. The van der Waals surface area contributed by atoms with Gasteiger partial charge in [0, 0.05) is 16.5 Å². The Balaban J connectivity index is 1.82. The van der Waals surface area contributed by atoms with Crippen LogP contribution < -0.4 is 19.8 Å². The van der Waals surface area contributed by atoms with Crippen molar-refractivity contribution in [3.63, 3.8) is 0 Å². The van der Waals surface area contributed by atoms with Crippen LogP contribution in [-0.2, 0) is 6.42 Å². The van der Waals surface area contributed by atoms with Gasteiger partial charge in [0.2, 0.25) is 12.5 Å². The molecule has 2 aromatic carbocycles. The Bertz CT molecular complexity index is 1140. The lowest BCUT2D eigenvalue weighted by atomic mass is 10.2. The van der Waals surface area contributed by atoms with Crippen LogP contribution in [0.2, 0.25) is 0 Å². The zero-order chi connectivity index (χ0) is 19.7. The molecule has 0 bridgehead atoms. The van der Waals surface area contributed by atoms with E-state index in [4.69, 9.17) is 14.2 Å². The van der Waals surface area contributed by atoms with Crippen molar-refractivity contribution < 1.29 is 14.2 Å². The number of hydrogen-bond acceptors (Lipinski definition) is 6. The normalized spacial score (nSPS) is 12.8. The van der Waals surface area contributed by atoms with Gasteiger partial charge in [-0.15, -0.1) is 0 Å². The fourth-order valence-electron chi connectivity index (χ4n) is 3.05. The summed E-state index contributed by atoms with van der Waals surface area (Å²) in [7, 11) is 1.56. The van der Waals surface area contributed by atoms with Crippen molar-refractivity contribution in [3.8, 4) is 17.2 Å². The first-order valence-electron chi connectivity index (χ1n) is 8.84. The van der Waals surface area contributed by atoms with Gasteiger partial charge in [0.1, 0.15) is 5.82 Å². The minimum atomic E-state index is -0.210. The average Bonchev–Trinajstić information content (AvgIpc) is 3.16. The molecule has 144 valence electrons. The van der Waals surface area contributed by atoms with E-state index >= 15 is 0 Å². The second-order valence-corrected chi connectivity index (χ2v) is 7.17. The number of benzene rings is 2. The summed E-state index contributed by atoms with van der Waals surface area (Å²) in [6.07, 6.45) is 3.08. The van der Waals surface area contributed by atoms with Crippen molar-refractivity contribution in [2.75, 3.05) is 13.9 Å². The van der Waals surface area contributed by atoms with Gasteiger partial charge in [-0.25, -0.2) is 4.98 Å². The smallest absolute Gasteiger partial charge is 0.282 e. The van der Waals surface area contributed by atoms with E-state index in [2.05, 4.69) is 26.0 Å². The van der Waals surface area contributed by atoms with E-state index < -0.39 is 0 Å². The Kier molecular flexibility index (Phi) is 5.04. The zero-order valence-electron chi connectivity index (χ0n) is 15.4. The summed E-state index contributed by atoms with van der Waals surface area (Å²) >= 11 is 3.41. The maximum absolute atomic E-state index is 13.0. The number of hydrogen-bond donors (Lipinski definition) is 0. The molecule has 0 atom stereocenters. The fraction of sp³-hybridized carbons (Fsp3) is 0.250. The number of halogens is 1. The summed E-state index contributed by atoms with van der Waals surface area (Å²) in [6, 6.07) is 9.04. The molecule has 0 amide bonds. The van der Waals surface area contributed by atoms with Crippen molar-refractivity contribution in [2.45, 2.75) is 19.8 Å². The second-order valence-electron chi connectivity index (χ2n) is 6.26. The van der Waals surface area contributed by atoms with Crippen molar-refractivity contribution in [1.29, 1.82) is 0 Å². The van der Waals surface area contributed by atoms with Crippen molar-refractivity contribution in [1.82, 2.24) is 9.66 Å². The van der Waals surface area contributed by atoms with E-state index in [1.165, 1.54) is 4.68 Å². The van der Waals surface area contributed by atoms with E-state index in [-0.39, 0.29) is 12.4 Å². The molecule has 0 N–H and O–H groups in total. The van der Waals surface area contributed by atoms with Gasteiger partial charge in [-0.2, -0.15) is 9.78 Å². The summed E-state index contributed by atoms with van der Waals surface area (Å²) in [5.41, 5.74) is 1.18. The van der Waals surface area contributed by atoms with Crippen LogP contribution in [0.4, 0.5) is 0 Å². The Hall–Kier alpha value is -2.87. The highest BCUT2D eigenvalue weighted by Gasteiger charge is 2.19. The van der Waals surface area contributed by atoms with Gasteiger partial charge in [0.05, 0.1) is 24.2 Å². The van der Waals surface area contributed by atoms with Crippen molar-refractivity contribution in [2.24, 2.45) is 5.10 Å². The Morgan fingerprint density at radius 2 is 2.18 bits per heavy atom. The fourth-order valence-corrected chi connectivity index (χ4v) is 3.41. The lowest BCUT2D eigenvalue weighted by Crippen LogP contribution is -2.22. The van der Waals surface area contributed by atoms with Gasteiger partial charge in [-0.3, -0.25) is 4.79 Å². The number of ether oxygens (including phenoxy) is 3. The van der Waals surface area contributed by atoms with Gasteiger partial charge in [0.15, 0.2) is 11.5 Å². The molecule has 0 saturated heterocycles. The van der Waals surface area contributed by atoms with Crippen molar-refractivity contribution in [3.05, 3.63) is 56.5 Å². The van der Waals surface area contributed by atoms with Gasteiger partial charge >= 0.3 is 0 Å². The first-order valence-corrected chi connectivity index (χ1v) is 9.63. The molecule has 0 radical (unpaired) electrons. The number of aryl methyl sites for hydroxylation is 1. The van der Waals surface area contributed by atoms with Crippen LogP contribution in [0.25, 0.3) is 10.9 Å². The van der Waals surface area contributed by atoms with Gasteiger partial charge in [-0.1, -0.05) is 22.9 Å². The lowest BCUT2D eigenvalue weighted by Gasteiger charge is -2.09. The SMILES string of the molecule is CCCc1nc2ccc(Br)cc2c(=O)n1N=Cc1cc(OC)c2c(c1)OCO2. The molecule has 3 aromatic rings. The molecular weight excluding hydrogens is 426 g/mol. The molecule has 28 heavy (non-hydrogen) atoms. The number of rotatable bonds is 5. The molecule has 1 aromatic heterocycles. The van der Waals surface area contributed by atoms with E-state index in [1.54, 1.807) is 31.5 Å². The topological polar surface area (TPSA) is 74.9 Å². The predicted octanol–water partition coefficient (Wildman–Crippen LogP) is 3.73. The molecule has 7 nitrogen and oxygen atoms in total. The number of nitrogens with zero attached hydrogens (tertiary/aromatic N) is 3. The van der Waals surface area contributed by atoms with E-state index in [0.717, 1.165) is 16.5 Å². The third kappa shape index (κ3) is 3.35. The highest BCUT2D eigenvalue weighted by atomic mass is 79.9. The van der Waals surface area contributed by atoms with Crippen LogP contribution in [0.15, 0.2) is 44.7 Å². The molecule has 4 rings (SSSR count). The monoisotopic (exact) mass is 443 g/mol. The Labute approximate surface area is 169 Å². The minimum Gasteiger partial charge on any atom is -0.493 e. The molecule has 0 fully saturated rings. The predicted molar refractivity (Wildman–Crippen MR) is 110 cm³/mol. The summed E-state index contributed by atoms with van der Waals surface area (Å²) in [5.74, 6) is 2.33. The number of aromatic nitrogens is 2. The molecule has 8 heteroatoms. The standard InChI is InChI=1S/C20H18BrN3O4/c1-3-4-18-23-15-6-5-13(21)9-14(15)20(25)24(18)22-10-12-7-16(26-2)19-17(8-12)27-11-28-19/h5-10H,3-4,11H2,1-2H3. The van der Waals surface area contributed by atoms with Gasteiger partial charge in [-0.05, 0) is 36.8 Å². The molecule has 0 aliphatic carbocycles. The van der Waals surface area contributed by atoms with Crippen LogP contribution in [0.3, 0.4) is 0 Å². The van der Waals surface area contributed by atoms with Crippen LogP contribution in [0.5, 0.6) is 17.2 Å². The Morgan fingerprint density at radius 1 is 1.32 bits per heavy atom. The van der Waals surface area contributed by atoms with Crippen LogP contribution >= 0.6 is 15.9 Å². The summed E-state index contributed by atoms with van der Waals surface area (Å²) in [6.45, 7) is 2.19. The first-order chi connectivity index (χ1) is 13.6. The third-order valence-corrected chi connectivity index (χ3v) is 4.85. The maximum Gasteiger partial charge on any atom is 0.282 e. The lowest BCUT2D eigenvalue weighted by molar-refractivity contribution is 0.171. The van der Waals surface area contributed by atoms with E-state index in [9.17, 15) is 4.79 Å². The maximum atomic E-state index is 13.0. The first kappa shape index (κ1) is 18.5. The Morgan fingerprint density at radius 3 is 2.96 bits per heavy atom. The van der Waals surface area contributed by atoms with E-state index in [0.29, 0.717) is 40.4 Å². The summed E-state index contributed by atoms with van der Waals surface area (Å²) in [4.78, 5) is 17.7. The molecule has 1 aliphatic rings. The second kappa shape index (κ2) is 7.63.